The van der Waals surface area contributed by atoms with Gasteiger partial charge in [-0.2, -0.15) is 11.3 Å². The Hall–Kier alpha value is -1.43. The highest BCUT2D eigenvalue weighted by molar-refractivity contribution is 7.07. The number of carboxylic acid groups (broad SMARTS) is 1. The molecule has 0 saturated carbocycles. The standard InChI is InChI=1S/C10H12FNO3S/c11-5-8(10(14)15)12-9(13)2-1-7-3-4-16-6-7/h3-4,6,8H,1-2,5H2,(H,12,13)(H,14,15). The molecule has 1 unspecified atom stereocenters. The fraction of sp³-hybridized carbons (Fsp3) is 0.400. The van der Waals surface area contributed by atoms with Crippen LogP contribution >= 0.6 is 11.3 Å². The monoisotopic (exact) mass is 245 g/mol. The van der Waals surface area contributed by atoms with Crippen molar-refractivity contribution in [2.75, 3.05) is 6.67 Å². The summed E-state index contributed by atoms with van der Waals surface area (Å²) in [6, 6.07) is 0.455. The van der Waals surface area contributed by atoms with Crippen molar-refractivity contribution < 1.29 is 19.1 Å². The molecule has 1 heterocycles. The van der Waals surface area contributed by atoms with Crippen LogP contribution in [0.1, 0.15) is 12.0 Å². The Morgan fingerprint density at radius 2 is 2.31 bits per heavy atom. The van der Waals surface area contributed by atoms with Crippen LogP contribution in [-0.4, -0.2) is 29.7 Å². The number of nitrogens with one attached hydrogen (secondary N) is 1. The molecule has 6 heteroatoms. The zero-order valence-corrected chi connectivity index (χ0v) is 9.30. The highest BCUT2D eigenvalue weighted by atomic mass is 32.1. The quantitative estimate of drug-likeness (QED) is 0.792. The van der Waals surface area contributed by atoms with Crippen molar-refractivity contribution in [3.63, 3.8) is 0 Å². The molecule has 0 saturated heterocycles. The first-order valence-corrected chi connectivity index (χ1v) is 5.67. The number of rotatable bonds is 6. The lowest BCUT2D eigenvalue weighted by Gasteiger charge is -2.10. The first-order chi connectivity index (χ1) is 7.63. The van der Waals surface area contributed by atoms with Crippen LogP contribution in [0.25, 0.3) is 0 Å². The number of alkyl halides is 1. The second kappa shape index (κ2) is 6.22. The molecule has 0 aliphatic carbocycles. The third-order valence-corrected chi connectivity index (χ3v) is 2.74. The number of thiophene rings is 1. The number of aryl methyl sites for hydroxylation is 1. The van der Waals surface area contributed by atoms with Gasteiger partial charge in [0.15, 0.2) is 6.04 Å². The minimum absolute atomic E-state index is 0.167. The third kappa shape index (κ3) is 3.98. The van der Waals surface area contributed by atoms with Crippen molar-refractivity contribution in [1.29, 1.82) is 0 Å². The number of amides is 1. The molecule has 1 rings (SSSR count). The Kier molecular flexibility index (Phi) is 4.91. The van der Waals surface area contributed by atoms with Gasteiger partial charge in [0.2, 0.25) is 5.91 Å². The summed E-state index contributed by atoms with van der Waals surface area (Å²) in [5.41, 5.74) is 1.02. The highest BCUT2D eigenvalue weighted by Gasteiger charge is 2.19. The summed E-state index contributed by atoms with van der Waals surface area (Å²) < 4.78 is 12.2. The zero-order valence-electron chi connectivity index (χ0n) is 8.48. The number of hydrogen-bond acceptors (Lipinski definition) is 3. The van der Waals surface area contributed by atoms with Crippen LogP contribution in [0.2, 0.25) is 0 Å². The molecule has 0 aliphatic rings. The van der Waals surface area contributed by atoms with E-state index in [2.05, 4.69) is 5.32 Å². The molecule has 0 fully saturated rings. The van der Waals surface area contributed by atoms with Crippen LogP contribution in [0.5, 0.6) is 0 Å². The largest absolute Gasteiger partial charge is 0.480 e. The van der Waals surface area contributed by atoms with Gasteiger partial charge in [0, 0.05) is 6.42 Å². The molecule has 4 nitrogen and oxygen atoms in total. The first-order valence-electron chi connectivity index (χ1n) is 4.72. The Bertz CT molecular complexity index is 353. The predicted octanol–water partition coefficient (Wildman–Crippen LogP) is 1.22. The van der Waals surface area contributed by atoms with Crippen molar-refractivity contribution in [3.8, 4) is 0 Å². The SMILES string of the molecule is O=C(CCc1ccsc1)NC(CF)C(=O)O. The van der Waals surface area contributed by atoms with Crippen LogP contribution in [0, 0.1) is 0 Å². The van der Waals surface area contributed by atoms with Crippen molar-refractivity contribution in [1.82, 2.24) is 5.32 Å². The fourth-order valence-corrected chi connectivity index (χ4v) is 1.83. The normalized spacial score (nSPS) is 12.1. The van der Waals surface area contributed by atoms with E-state index in [1.54, 1.807) is 0 Å². The molecule has 16 heavy (non-hydrogen) atoms. The lowest BCUT2D eigenvalue weighted by Crippen LogP contribution is -2.42. The zero-order chi connectivity index (χ0) is 12.0. The van der Waals surface area contributed by atoms with Gasteiger partial charge in [0.05, 0.1) is 0 Å². The third-order valence-electron chi connectivity index (χ3n) is 2.01. The lowest BCUT2D eigenvalue weighted by atomic mass is 10.2. The van der Waals surface area contributed by atoms with E-state index >= 15 is 0 Å². The summed E-state index contributed by atoms with van der Waals surface area (Å²) in [4.78, 5) is 21.7. The van der Waals surface area contributed by atoms with Gasteiger partial charge in [0.25, 0.3) is 0 Å². The van der Waals surface area contributed by atoms with Crippen molar-refractivity contribution >= 4 is 23.2 Å². The van der Waals surface area contributed by atoms with Gasteiger partial charge in [-0.05, 0) is 28.8 Å². The van der Waals surface area contributed by atoms with Gasteiger partial charge in [-0.25, -0.2) is 9.18 Å². The van der Waals surface area contributed by atoms with Crippen molar-refractivity contribution in [2.24, 2.45) is 0 Å². The van der Waals surface area contributed by atoms with Gasteiger partial charge < -0.3 is 10.4 Å². The molecule has 88 valence electrons. The molecular formula is C10H12FNO3S. The molecule has 0 aliphatic heterocycles. The van der Waals surface area contributed by atoms with E-state index in [-0.39, 0.29) is 6.42 Å². The summed E-state index contributed by atoms with van der Waals surface area (Å²) in [5, 5.41) is 14.5. The average Bonchev–Trinajstić information content (AvgIpc) is 2.75. The predicted molar refractivity (Wildman–Crippen MR) is 58.2 cm³/mol. The second-order valence-corrected chi connectivity index (χ2v) is 4.02. The smallest absolute Gasteiger partial charge is 0.328 e. The van der Waals surface area contributed by atoms with Crippen LogP contribution in [-0.2, 0) is 16.0 Å². The first kappa shape index (κ1) is 12.6. The van der Waals surface area contributed by atoms with E-state index in [0.29, 0.717) is 6.42 Å². The Balaban J connectivity index is 2.33. The molecule has 1 aromatic rings. The lowest BCUT2D eigenvalue weighted by molar-refractivity contribution is -0.142. The summed E-state index contributed by atoms with van der Waals surface area (Å²) >= 11 is 1.53. The molecule has 0 radical (unpaired) electrons. The summed E-state index contributed by atoms with van der Waals surface area (Å²) in [5.74, 6) is -1.80. The van der Waals surface area contributed by atoms with Crippen molar-refractivity contribution in [3.05, 3.63) is 22.4 Å². The van der Waals surface area contributed by atoms with Gasteiger partial charge in [-0.15, -0.1) is 0 Å². The average molecular weight is 245 g/mol. The maximum atomic E-state index is 12.2. The van der Waals surface area contributed by atoms with Gasteiger partial charge in [-0.1, -0.05) is 0 Å². The maximum Gasteiger partial charge on any atom is 0.328 e. The van der Waals surface area contributed by atoms with Gasteiger partial charge in [-0.3, -0.25) is 4.79 Å². The van der Waals surface area contributed by atoms with Crippen LogP contribution in [0.15, 0.2) is 16.8 Å². The molecule has 0 spiro atoms. The fourth-order valence-electron chi connectivity index (χ4n) is 1.13. The Morgan fingerprint density at radius 1 is 1.56 bits per heavy atom. The molecule has 2 N–H and O–H groups in total. The van der Waals surface area contributed by atoms with E-state index in [0.717, 1.165) is 5.56 Å². The van der Waals surface area contributed by atoms with Crippen LogP contribution in [0.4, 0.5) is 4.39 Å². The maximum absolute atomic E-state index is 12.2. The van der Waals surface area contributed by atoms with E-state index in [1.165, 1.54) is 11.3 Å². The highest BCUT2D eigenvalue weighted by Crippen LogP contribution is 2.08. The topological polar surface area (TPSA) is 66.4 Å². The number of aliphatic carboxylic acids is 1. The van der Waals surface area contributed by atoms with Crippen LogP contribution < -0.4 is 5.32 Å². The Labute approximate surface area is 96.1 Å². The molecular weight excluding hydrogens is 233 g/mol. The summed E-state index contributed by atoms with van der Waals surface area (Å²) in [7, 11) is 0. The number of carbonyl (C=O) groups excluding carboxylic acids is 1. The van der Waals surface area contributed by atoms with Gasteiger partial charge >= 0.3 is 5.97 Å². The summed E-state index contributed by atoms with van der Waals surface area (Å²) in [6.45, 7) is -1.10. The van der Waals surface area contributed by atoms with Crippen LogP contribution in [0.3, 0.4) is 0 Å². The molecule has 0 bridgehead atoms. The number of halogens is 1. The van der Waals surface area contributed by atoms with Crippen molar-refractivity contribution in [2.45, 2.75) is 18.9 Å². The van der Waals surface area contributed by atoms with E-state index in [1.807, 2.05) is 16.8 Å². The number of carboxylic acids is 1. The van der Waals surface area contributed by atoms with E-state index < -0.39 is 24.6 Å². The summed E-state index contributed by atoms with van der Waals surface area (Å²) in [6.07, 6.45) is 0.703. The molecule has 1 aromatic heterocycles. The Morgan fingerprint density at radius 3 is 2.81 bits per heavy atom. The molecule has 1 atom stereocenters. The van der Waals surface area contributed by atoms with E-state index in [4.69, 9.17) is 5.11 Å². The number of hydrogen-bond donors (Lipinski definition) is 2. The second-order valence-electron chi connectivity index (χ2n) is 3.24. The molecule has 1 amide bonds. The molecule has 0 aromatic carbocycles. The van der Waals surface area contributed by atoms with Gasteiger partial charge in [0.1, 0.15) is 6.67 Å². The van der Waals surface area contributed by atoms with E-state index in [9.17, 15) is 14.0 Å². The minimum atomic E-state index is -1.44. The number of carbonyl (C=O) groups is 2. The minimum Gasteiger partial charge on any atom is -0.480 e.